The van der Waals surface area contributed by atoms with E-state index in [4.69, 9.17) is 5.11 Å². The standard InChI is InChI=1S/C10H10F2N2O4/c1-18-6(10(16)17)4-14-9(15)5-2-3-13-8(12)7(5)11/h2-3,6H,4H2,1H3,(H,14,15)(H,16,17). The van der Waals surface area contributed by atoms with Crippen molar-refractivity contribution >= 4 is 11.9 Å². The lowest BCUT2D eigenvalue weighted by molar-refractivity contribution is -0.148. The predicted octanol–water partition coefficient (Wildman–Crippen LogP) is 0.189. The number of hydrogen-bond acceptors (Lipinski definition) is 4. The number of aromatic nitrogens is 1. The second kappa shape index (κ2) is 6.01. The Morgan fingerprint density at radius 3 is 2.78 bits per heavy atom. The molecule has 1 unspecified atom stereocenters. The second-order valence-electron chi connectivity index (χ2n) is 3.24. The van der Waals surface area contributed by atoms with Crippen LogP contribution in [0.2, 0.25) is 0 Å². The van der Waals surface area contributed by atoms with Crippen molar-refractivity contribution in [2.75, 3.05) is 13.7 Å². The van der Waals surface area contributed by atoms with E-state index < -0.39 is 35.3 Å². The maximum absolute atomic E-state index is 13.2. The number of rotatable bonds is 5. The van der Waals surface area contributed by atoms with Crippen LogP contribution in [-0.4, -0.2) is 41.7 Å². The number of ether oxygens (including phenoxy) is 1. The lowest BCUT2D eigenvalue weighted by atomic mass is 10.2. The second-order valence-corrected chi connectivity index (χ2v) is 3.24. The van der Waals surface area contributed by atoms with Crippen LogP contribution >= 0.6 is 0 Å². The van der Waals surface area contributed by atoms with Crippen molar-refractivity contribution in [2.45, 2.75) is 6.10 Å². The third kappa shape index (κ3) is 3.20. The Morgan fingerprint density at radius 2 is 2.22 bits per heavy atom. The molecule has 8 heteroatoms. The van der Waals surface area contributed by atoms with Gasteiger partial charge in [0.2, 0.25) is 5.95 Å². The van der Waals surface area contributed by atoms with Crippen LogP contribution in [0.4, 0.5) is 8.78 Å². The Labute approximate surface area is 101 Å². The van der Waals surface area contributed by atoms with Crippen molar-refractivity contribution in [2.24, 2.45) is 0 Å². The van der Waals surface area contributed by atoms with E-state index in [2.05, 4.69) is 15.0 Å². The first-order chi connectivity index (χ1) is 8.47. The van der Waals surface area contributed by atoms with Crippen LogP contribution in [0.1, 0.15) is 10.4 Å². The van der Waals surface area contributed by atoms with Gasteiger partial charge in [-0.25, -0.2) is 14.2 Å². The average molecular weight is 260 g/mol. The van der Waals surface area contributed by atoms with Gasteiger partial charge in [0.25, 0.3) is 5.91 Å². The highest BCUT2D eigenvalue weighted by molar-refractivity contribution is 5.94. The molecular formula is C10H10F2N2O4. The third-order valence-electron chi connectivity index (χ3n) is 2.10. The lowest BCUT2D eigenvalue weighted by Gasteiger charge is -2.11. The number of carbonyl (C=O) groups is 2. The molecule has 98 valence electrons. The van der Waals surface area contributed by atoms with Gasteiger partial charge < -0.3 is 15.2 Å². The van der Waals surface area contributed by atoms with Crippen LogP contribution in [-0.2, 0) is 9.53 Å². The van der Waals surface area contributed by atoms with Crippen LogP contribution in [0, 0.1) is 11.8 Å². The molecule has 1 atom stereocenters. The van der Waals surface area contributed by atoms with Crippen LogP contribution < -0.4 is 5.32 Å². The van der Waals surface area contributed by atoms with Crippen LogP contribution in [0.3, 0.4) is 0 Å². The zero-order valence-electron chi connectivity index (χ0n) is 9.31. The van der Waals surface area contributed by atoms with Crippen LogP contribution in [0.5, 0.6) is 0 Å². The SMILES string of the molecule is COC(CNC(=O)c1ccnc(F)c1F)C(=O)O. The zero-order valence-corrected chi connectivity index (χ0v) is 9.31. The molecule has 0 bridgehead atoms. The van der Waals surface area contributed by atoms with Gasteiger partial charge in [-0.05, 0) is 6.07 Å². The van der Waals surface area contributed by atoms with Gasteiger partial charge in [0.1, 0.15) is 0 Å². The third-order valence-corrected chi connectivity index (χ3v) is 2.10. The van der Waals surface area contributed by atoms with E-state index in [0.717, 1.165) is 19.4 Å². The predicted molar refractivity (Wildman–Crippen MR) is 54.9 cm³/mol. The summed E-state index contributed by atoms with van der Waals surface area (Å²) in [4.78, 5) is 25.1. The highest BCUT2D eigenvalue weighted by Gasteiger charge is 2.20. The minimum atomic E-state index is -1.40. The summed E-state index contributed by atoms with van der Waals surface area (Å²) in [6, 6.07) is 0.982. The fourth-order valence-corrected chi connectivity index (χ4v) is 1.15. The monoisotopic (exact) mass is 260 g/mol. The van der Waals surface area contributed by atoms with Gasteiger partial charge in [-0.15, -0.1) is 0 Å². The Hall–Kier alpha value is -2.09. The molecule has 1 rings (SSSR count). The number of carbonyl (C=O) groups excluding carboxylic acids is 1. The summed E-state index contributed by atoms with van der Waals surface area (Å²) < 4.78 is 30.5. The summed E-state index contributed by atoms with van der Waals surface area (Å²) in [6.07, 6.45) is -0.332. The molecule has 6 nitrogen and oxygen atoms in total. The summed E-state index contributed by atoms with van der Waals surface area (Å²) in [6.45, 7) is -0.367. The first-order valence-corrected chi connectivity index (χ1v) is 4.81. The highest BCUT2D eigenvalue weighted by atomic mass is 19.2. The number of nitrogens with one attached hydrogen (secondary N) is 1. The number of hydrogen-bond donors (Lipinski definition) is 2. The molecule has 0 radical (unpaired) electrons. The highest BCUT2D eigenvalue weighted by Crippen LogP contribution is 2.08. The number of halogens is 2. The van der Waals surface area contributed by atoms with Crippen molar-refractivity contribution in [1.29, 1.82) is 0 Å². The molecule has 0 saturated carbocycles. The number of carboxylic acid groups (broad SMARTS) is 1. The number of amides is 1. The first kappa shape index (κ1) is 14.0. The summed E-state index contributed by atoms with van der Waals surface area (Å²) in [5.74, 6) is -5.01. The minimum absolute atomic E-state index is 0.367. The molecule has 2 N–H and O–H groups in total. The van der Waals surface area contributed by atoms with Gasteiger partial charge in [-0.2, -0.15) is 4.39 Å². The maximum atomic E-state index is 13.2. The van der Waals surface area contributed by atoms with Gasteiger partial charge in [0.05, 0.1) is 12.1 Å². The first-order valence-electron chi connectivity index (χ1n) is 4.81. The van der Waals surface area contributed by atoms with E-state index in [1.165, 1.54) is 0 Å². The summed E-state index contributed by atoms with van der Waals surface area (Å²) in [7, 11) is 1.15. The van der Waals surface area contributed by atoms with E-state index in [-0.39, 0.29) is 6.54 Å². The molecule has 0 aliphatic carbocycles. The van der Waals surface area contributed by atoms with Crippen LogP contribution in [0.15, 0.2) is 12.3 Å². The van der Waals surface area contributed by atoms with Gasteiger partial charge in [-0.1, -0.05) is 0 Å². The Balaban J connectivity index is 2.71. The normalized spacial score (nSPS) is 11.9. The largest absolute Gasteiger partial charge is 0.479 e. The average Bonchev–Trinajstić information content (AvgIpc) is 2.32. The zero-order chi connectivity index (χ0) is 13.7. The maximum Gasteiger partial charge on any atom is 0.334 e. The van der Waals surface area contributed by atoms with Gasteiger partial charge in [0.15, 0.2) is 11.9 Å². The van der Waals surface area contributed by atoms with Crippen molar-refractivity contribution in [1.82, 2.24) is 10.3 Å². The van der Waals surface area contributed by atoms with E-state index in [0.29, 0.717) is 0 Å². The lowest BCUT2D eigenvalue weighted by Crippen LogP contribution is -2.38. The number of nitrogens with zero attached hydrogens (tertiary/aromatic N) is 1. The molecule has 1 heterocycles. The Bertz CT molecular complexity index is 467. The minimum Gasteiger partial charge on any atom is -0.479 e. The number of pyridine rings is 1. The molecule has 1 aromatic rings. The van der Waals surface area contributed by atoms with E-state index in [1.54, 1.807) is 0 Å². The van der Waals surface area contributed by atoms with Crippen LogP contribution in [0.25, 0.3) is 0 Å². The van der Waals surface area contributed by atoms with E-state index >= 15 is 0 Å². The van der Waals surface area contributed by atoms with Crippen molar-refractivity contribution in [3.8, 4) is 0 Å². The quantitative estimate of drug-likeness (QED) is 0.738. The molecule has 0 fully saturated rings. The molecule has 0 aliphatic heterocycles. The van der Waals surface area contributed by atoms with Crippen molar-refractivity contribution in [3.05, 3.63) is 29.6 Å². The summed E-state index contributed by atoms with van der Waals surface area (Å²) in [5.41, 5.74) is -0.553. The number of carboxylic acids is 1. The molecule has 1 amide bonds. The summed E-state index contributed by atoms with van der Waals surface area (Å²) in [5, 5.41) is 10.8. The number of aliphatic carboxylic acids is 1. The van der Waals surface area contributed by atoms with Gasteiger partial charge in [-0.3, -0.25) is 4.79 Å². The Kier molecular flexibility index (Phi) is 4.67. The fourth-order valence-electron chi connectivity index (χ4n) is 1.15. The molecule has 0 aliphatic rings. The molecular weight excluding hydrogens is 250 g/mol. The van der Waals surface area contributed by atoms with Gasteiger partial charge >= 0.3 is 5.97 Å². The van der Waals surface area contributed by atoms with E-state index in [9.17, 15) is 18.4 Å². The topological polar surface area (TPSA) is 88.5 Å². The smallest absolute Gasteiger partial charge is 0.334 e. The molecule has 0 aromatic carbocycles. The summed E-state index contributed by atoms with van der Waals surface area (Å²) >= 11 is 0. The van der Waals surface area contributed by atoms with E-state index in [1.807, 2.05) is 0 Å². The molecule has 0 spiro atoms. The Morgan fingerprint density at radius 1 is 1.56 bits per heavy atom. The molecule has 18 heavy (non-hydrogen) atoms. The molecule has 0 saturated heterocycles. The number of methoxy groups -OCH3 is 1. The van der Waals surface area contributed by atoms with Gasteiger partial charge in [0, 0.05) is 13.3 Å². The fraction of sp³-hybridized carbons (Fsp3) is 0.300. The van der Waals surface area contributed by atoms with Crippen molar-refractivity contribution in [3.63, 3.8) is 0 Å². The van der Waals surface area contributed by atoms with Crippen molar-refractivity contribution < 1.29 is 28.2 Å². The molecule has 1 aromatic heterocycles.